The first-order valence-corrected chi connectivity index (χ1v) is 17.3. The number of rotatable bonds is 12. The third-order valence-electron chi connectivity index (χ3n) is 9.76. The van der Waals surface area contributed by atoms with Crippen LogP contribution in [-0.2, 0) is 17.9 Å². The lowest BCUT2D eigenvalue weighted by molar-refractivity contribution is -0.136. The summed E-state index contributed by atoms with van der Waals surface area (Å²) in [4.78, 5) is 34.6. The number of likely N-dealkylation sites (N-methyl/N-ethyl adjacent to an activating group) is 1. The van der Waals surface area contributed by atoms with Crippen molar-refractivity contribution in [2.24, 2.45) is 0 Å². The van der Waals surface area contributed by atoms with E-state index in [0.717, 1.165) is 86.5 Å². The van der Waals surface area contributed by atoms with Crippen molar-refractivity contribution in [1.82, 2.24) is 35.1 Å². The Morgan fingerprint density at radius 1 is 0.824 bits per heavy atom. The third-order valence-corrected chi connectivity index (χ3v) is 9.76. The second-order valence-corrected chi connectivity index (χ2v) is 13.5. The van der Waals surface area contributed by atoms with E-state index in [9.17, 15) is 4.79 Å². The van der Waals surface area contributed by atoms with Crippen molar-refractivity contribution in [3.05, 3.63) is 108 Å². The van der Waals surface area contributed by atoms with Gasteiger partial charge in [-0.1, -0.05) is 24.3 Å². The maximum atomic E-state index is 10.9. The molecule has 1 saturated heterocycles. The maximum absolute atomic E-state index is 10.9. The van der Waals surface area contributed by atoms with Gasteiger partial charge in [-0.05, 0) is 104 Å². The van der Waals surface area contributed by atoms with Gasteiger partial charge in [-0.3, -0.25) is 19.7 Å². The number of hydrogen-bond donors (Lipinski definition) is 4. The SMILES string of the molecule is Cc1c(Nc2nccc3cc(CNCC(=O)O)cnc23)cccc1-c1cccc(Nc2nccc3cc(CN4CCC(N(C)C)C4)cnc23)c1C. The van der Waals surface area contributed by atoms with Gasteiger partial charge in [-0.25, -0.2) is 9.97 Å². The Balaban J connectivity index is 1.11. The molecule has 0 aliphatic carbocycles. The van der Waals surface area contributed by atoms with Gasteiger partial charge in [0.1, 0.15) is 11.0 Å². The van der Waals surface area contributed by atoms with Gasteiger partial charge in [-0.15, -0.1) is 0 Å². The lowest BCUT2D eigenvalue weighted by Gasteiger charge is -2.20. The molecular formula is C40H43N9O2. The molecule has 0 amide bonds. The van der Waals surface area contributed by atoms with Crippen LogP contribution in [0.2, 0.25) is 0 Å². The summed E-state index contributed by atoms with van der Waals surface area (Å²) >= 11 is 0. The molecule has 5 heterocycles. The van der Waals surface area contributed by atoms with E-state index in [-0.39, 0.29) is 6.54 Å². The molecule has 0 bridgehead atoms. The summed E-state index contributed by atoms with van der Waals surface area (Å²) in [7, 11) is 4.32. The molecular weight excluding hydrogens is 639 g/mol. The van der Waals surface area contributed by atoms with Crippen LogP contribution in [0.15, 0.2) is 85.5 Å². The Hall–Kier alpha value is -5.49. The van der Waals surface area contributed by atoms with E-state index < -0.39 is 5.97 Å². The van der Waals surface area contributed by atoms with Gasteiger partial charge >= 0.3 is 5.97 Å². The molecule has 1 aliphatic heterocycles. The van der Waals surface area contributed by atoms with Gasteiger partial charge in [0.2, 0.25) is 0 Å². The fraction of sp³-hybridized carbons (Fsp3) is 0.275. The number of nitrogens with one attached hydrogen (secondary N) is 3. The number of pyridine rings is 4. The average molecular weight is 682 g/mol. The van der Waals surface area contributed by atoms with Crippen LogP contribution in [0, 0.1) is 13.8 Å². The van der Waals surface area contributed by atoms with Crippen LogP contribution in [-0.4, -0.2) is 80.6 Å². The molecule has 1 aliphatic rings. The summed E-state index contributed by atoms with van der Waals surface area (Å²) in [6.07, 6.45) is 8.54. The van der Waals surface area contributed by atoms with Crippen LogP contribution in [0.5, 0.6) is 0 Å². The summed E-state index contributed by atoms with van der Waals surface area (Å²) in [5.41, 5.74) is 10.0. The first-order chi connectivity index (χ1) is 24.7. The molecule has 260 valence electrons. The molecule has 4 aromatic heterocycles. The molecule has 11 heteroatoms. The number of aromatic nitrogens is 4. The van der Waals surface area contributed by atoms with Gasteiger partial charge in [-0.2, -0.15) is 0 Å². The lowest BCUT2D eigenvalue weighted by atomic mass is 9.94. The average Bonchev–Trinajstić information content (AvgIpc) is 3.59. The van der Waals surface area contributed by atoms with Gasteiger partial charge in [0.15, 0.2) is 11.6 Å². The predicted octanol–water partition coefficient (Wildman–Crippen LogP) is 6.65. The standard InChI is InChI=1S/C40H43N9O2/c1-25-32(7-5-9-34(25)46-39-37-29(11-14-42-39)17-27(20-44-37)19-41-22-36(50)51)33-8-6-10-35(26(33)2)47-40-38-30(12-15-43-40)18-28(21-45-38)23-49-16-13-31(24-49)48(3)4/h5-12,14-15,17-18,20-21,31,41H,13,16,19,22-24H2,1-4H3,(H,42,46)(H,43,47)(H,50,51). The van der Waals surface area contributed by atoms with Crippen LogP contribution >= 0.6 is 0 Å². The highest BCUT2D eigenvalue weighted by Gasteiger charge is 2.24. The normalized spacial score (nSPS) is 14.8. The lowest BCUT2D eigenvalue weighted by Crippen LogP contribution is -2.31. The summed E-state index contributed by atoms with van der Waals surface area (Å²) in [6.45, 7) is 7.63. The van der Waals surface area contributed by atoms with Crippen LogP contribution < -0.4 is 16.0 Å². The second kappa shape index (κ2) is 14.8. The first-order valence-electron chi connectivity index (χ1n) is 17.3. The number of carboxylic acid groups (broad SMARTS) is 1. The highest BCUT2D eigenvalue weighted by atomic mass is 16.4. The van der Waals surface area contributed by atoms with Gasteiger partial charge in [0, 0.05) is 79.2 Å². The second-order valence-electron chi connectivity index (χ2n) is 13.5. The van der Waals surface area contributed by atoms with E-state index in [1.165, 1.54) is 12.0 Å². The number of benzene rings is 2. The minimum atomic E-state index is -0.894. The van der Waals surface area contributed by atoms with Gasteiger partial charge < -0.3 is 26.0 Å². The monoisotopic (exact) mass is 681 g/mol. The van der Waals surface area contributed by atoms with Crippen molar-refractivity contribution in [3.63, 3.8) is 0 Å². The van der Waals surface area contributed by atoms with E-state index in [1.54, 1.807) is 12.4 Å². The number of carboxylic acids is 1. The Kier molecular flexibility index (Phi) is 9.85. The maximum Gasteiger partial charge on any atom is 0.317 e. The molecule has 0 radical (unpaired) electrons. The Labute approximate surface area is 297 Å². The van der Waals surface area contributed by atoms with E-state index in [2.05, 4.69) is 94.0 Å². The topological polar surface area (TPSA) is 131 Å². The van der Waals surface area contributed by atoms with E-state index in [1.807, 2.05) is 42.7 Å². The Bertz CT molecular complexity index is 2220. The minimum absolute atomic E-state index is 0.107. The smallest absolute Gasteiger partial charge is 0.317 e. The highest BCUT2D eigenvalue weighted by molar-refractivity contribution is 5.92. The minimum Gasteiger partial charge on any atom is -0.480 e. The molecule has 7 rings (SSSR count). The largest absolute Gasteiger partial charge is 0.480 e. The van der Waals surface area contributed by atoms with Crippen molar-refractivity contribution in [2.75, 3.05) is 44.4 Å². The fourth-order valence-electron chi connectivity index (χ4n) is 6.91. The van der Waals surface area contributed by atoms with Crippen LogP contribution in [0.1, 0.15) is 28.7 Å². The van der Waals surface area contributed by atoms with E-state index >= 15 is 0 Å². The van der Waals surface area contributed by atoms with E-state index in [0.29, 0.717) is 18.4 Å². The molecule has 11 nitrogen and oxygen atoms in total. The van der Waals surface area contributed by atoms with Crippen molar-refractivity contribution in [2.45, 2.75) is 39.4 Å². The number of hydrogen-bond acceptors (Lipinski definition) is 10. The van der Waals surface area contributed by atoms with Crippen LogP contribution in [0.3, 0.4) is 0 Å². The van der Waals surface area contributed by atoms with Crippen LogP contribution in [0.25, 0.3) is 32.9 Å². The number of nitrogens with zero attached hydrogens (tertiary/aromatic N) is 6. The summed E-state index contributed by atoms with van der Waals surface area (Å²) < 4.78 is 0. The number of carbonyl (C=O) groups is 1. The van der Waals surface area contributed by atoms with Crippen molar-refractivity contribution in [3.8, 4) is 11.1 Å². The number of fused-ring (bicyclic) bond motifs is 2. The molecule has 1 unspecified atom stereocenters. The molecule has 0 saturated carbocycles. The molecule has 2 aromatic carbocycles. The summed E-state index contributed by atoms with van der Waals surface area (Å²) in [5, 5.41) is 21.0. The molecule has 1 atom stereocenters. The van der Waals surface area contributed by atoms with Crippen molar-refractivity contribution in [1.29, 1.82) is 0 Å². The molecule has 1 fully saturated rings. The van der Waals surface area contributed by atoms with Gasteiger partial charge in [0.25, 0.3) is 0 Å². The fourth-order valence-corrected chi connectivity index (χ4v) is 6.91. The summed E-state index contributed by atoms with van der Waals surface area (Å²) in [5.74, 6) is 0.492. The Morgan fingerprint density at radius 2 is 1.39 bits per heavy atom. The number of aliphatic carboxylic acids is 1. The zero-order valence-electron chi connectivity index (χ0n) is 29.4. The zero-order valence-corrected chi connectivity index (χ0v) is 29.4. The first kappa shape index (κ1) is 34.0. The van der Waals surface area contributed by atoms with E-state index in [4.69, 9.17) is 15.1 Å². The number of anilines is 4. The zero-order chi connectivity index (χ0) is 35.5. The quantitative estimate of drug-likeness (QED) is 0.111. The molecule has 4 N–H and O–H groups in total. The van der Waals surface area contributed by atoms with Crippen molar-refractivity contribution < 1.29 is 9.90 Å². The van der Waals surface area contributed by atoms with Crippen LogP contribution in [0.4, 0.5) is 23.0 Å². The molecule has 51 heavy (non-hydrogen) atoms. The number of likely N-dealkylation sites (tertiary alicyclic amines) is 1. The van der Waals surface area contributed by atoms with Crippen molar-refractivity contribution >= 4 is 50.8 Å². The summed E-state index contributed by atoms with van der Waals surface area (Å²) in [6, 6.07) is 21.3. The molecule has 6 aromatic rings. The van der Waals surface area contributed by atoms with Gasteiger partial charge in [0.05, 0.1) is 6.54 Å². The highest BCUT2D eigenvalue weighted by Crippen LogP contribution is 2.36. The molecule has 0 spiro atoms. The third kappa shape index (κ3) is 7.51. The Morgan fingerprint density at radius 3 is 1.94 bits per heavy atom. The predicted molar refractivity (Wildman–Crippen MR) is 204 cm³/mol.